The molecule has 0 atom stereocenters. The van der Waals surface area contributed by atoms with Crippen LogP contribution in [0, 0.1) is 5.82 Å². The highest BCUT2D eigenvalue weighted by Crippen LogP contribution is 2.16. The molecule has 0 amide bonds. The van der Waals surface area contributed by atoms with Crippen LogP contribution in [0.2, 0.25) is 0 Å². The Morgan fingerprint density at radius 1 is 1.17 bits per heavy atom. The molecule has 0 bridgehead atoms. The van der Waals surface area contributed by atoms with Gasteiger partial charge in [-0.15, -0.1) is 0 Å². The average Bonchev–Trinajstić information content (AvgIpc) is 2.99. The summed E-state index contributed by atoms with van der Waals surface area (Å²) in [7, 11) is 0. The highest BCUT2D eigenvalue weighted by molar-refractivity contribution is 5.51. The maximum atomic E-state index is 12.8. The Bertz CT molecular complexity index is 708. The molecule has 3 aromatic rings. The van der Waals surface area contributed by atoms with Crippen molar-refractivity contribution in [3.05, 3.63) is 64.9 Å². The van der Waals surface area contributed by atoms with Gasteiger partial charge in [-0.25, -0.2) is 9.07 Å². The fraction of sp³-hybridized carbons (Fsp3) is 0. The lowest BCUT2D eigenvalue weighted by atomic mass is 10.3. The van der Waals surface area contributed by atoms with Gasteiger partial charge in [-0.2, -0.15) is 0 Å². The molecular formula is C13H9FN2O2. The monoisotopic (exact) mass is 244 g/mol. The first-order valence-corrected chi connectivity index (χ1v) is 5.36. The smallest absolute Gasteiger partial charge is 0.271 e. The molecule has 0 aliphatic rings. The molecule has 4 nitrogen and oxygen atoms in total. The summed E-state index contributed by atoms with van der Waals surface area (Å²) in [5.41, 5.74) is 0.918. The molecule has 0 saturated heterocycles. The zero-order chi connectivity index (χ0) is 12.5. The molecule has 0 aliphatic heterocycles. The third-order valence-corrected chi connectivity index (χ3v) is 2.59. The van der Waals surface area contributed by atoms with Crippen molar-refractivity contribution in [2.75, 3.05) is 0 Å². The molecule has 1 N–H and O–H groups in total. The highest BCUT2D eigenvalue weighted by atomic mass is 19.1. The first-order valence-electron chi connectivity index (χ1n) is 5.36. The lowest BCUT2D eigenvalue weighted by molar-refractivity contribution is 0.579. The van der Waals surface area contributed by atoms with Crippen LogP contribution in [0.15, 0.2) is 57.9 Å². The van der Waals surface area contributed by atoms with Gasteiger partial charge in [0, 0.05) is 6.07 Å². The van der Waals surface area contributed by atoms with Crippen molar-refractivity contribution in [2.24, 2.45) is 0 Å². The van der Waals surface area contributed by atoms with E-state index in [0.717, 1.165) is 0 Å². The van der Waals surface area contributed by atoms with Gasteiger partial charge in [0.15, 0.2) is 5.76 Å². The van der Waals surface area contributed by atoms with Crippen LogP contribution in [0.1, 0.15) is 0 Å². The van der Waals surface area contributed by atoms with Crippen LogP contribution < -0.4 is 5.56 Å². The predicted molar refractivity (Wildman–Crippen MR) is 64.0 cm³/mol. The zero-order valence-corrected chi connectivity index (χ0v) is 9.26. The van der Waals surface area contributed by atoms with Gasteiger partial charge in [0.25, 0.3) is 5.56 Å². The van der Waals surface area contributed by atoms with Gasteiger partial charge in [0.2, 0.25) is 0 Å². The van der Waals surface area contributed by atoms with Gasteiger partial charge >= 0.3 is 0 Å². The third-order valence-electron chi connectivity index (χ3n) is 2.59. The molecule has 0 radical (unpaired) electrons. The summed E-state index contributed by atoms with van der Waals surface area (Å²) in [5, 5.41) is 2.91. The van der Waals surface area contributed by atoms with E-state index in [1.807, 2.05) is 0 Å². The minimum atomic E-state index is -0.343. The van der Waals surface area contributed by atoms with Gasteiger partial charge in [0.05, 0.1) is 12.0 Å². The number of hydrogen-bond acceptors (Lipinski definition) is 2. The molecule has 2 aromatic heterocycles. The van der Waals surface area contributed by atoms with Crippen molar-refractivity contribution in [1.29, 1.82) is 0 Å². The van der Waals surface area contributed by atoms with Crippen molar-refractivity contribution in [3.63, 3.8) is 0 Å². The molecule has 1 aromatic carbocycles. The van der Waals surface area contributed by atoms with E-state index in [0.29, 0.717) is 17.1 Å². The van der Waals surface area contributed by atoms with Crippen LogP contribution in [0.4, 0.5) is 4.39 Å². The van der Waals surface area contributed by atoms with E-state index in [2.05, 4.69) is 5.10 Å². The first kappa shape index (κ1) is 10.6. The minimum Gasteiger partial charge on any atom is -0.463 e. The molecule has 0 spiro atoms. The number of halogens is 1. The minimum absolute atomic E-state index is 0.229. The standard InChI is InChI=1S/C13H9FN2O2/c14-9-3-5-10(6-4-9)16-13(17)8-11(15-16)12-2-1-7-18-12/h1-8,15H. The first-order chi connectivity index (χ1) is 8.74. The largest absolute Gasteiger partial charge is 0.463 e. The molecule has 0 aliphatic carbocycles. The summed E-state index contributed by atoms with van der Waals surface area (Å²) in [5.74, 6) is 0.234. The van der Waals surface area contributed by atoms with E-state index in [1.54, 1.807) is 12.1 Å². The number of hydrogen-bond donors (Lipinski definition) is 1. The highest BCUT2D eigenvalue weighted by Gasteiger charge is 2.08. The number of nitrogens with one attached hydrogen (secondary N) is 1. The van der Waals surface area contributed by atoms with Gasteiger partial charge < -0.3 is 4.42 Å². The summed E-state index contributed by atoms with van der Waals surface area (Å²) in [4.78, 5) is 11.8. The lowest BCUT2D eigenvalue weighted by Crippen LogP contribution is -2.13. The topological polar surface area (TPSA) is 50.9 Å². The van der Waals surface area contributed by atoms with Gasteiger partial charge in [-0.05, 0) is 36.4 Å². The van der Waals surface area contributed by atoms with Crippen molar-refractivity contribution in [3.8, 4) is 17.1 Å². The SMILES string of the molecule is O=c1cc(-c2ccco2)[nH]n1-c1ccc(F)cc1. The van der Waals surface area contributed by atoms with Gasteiger partial charge in [-0.1, -0.05) is 0 Å². The van der Waals surface area contributed by atoms with E-state index < -0.39 is 0 Å². The number of aromatic amines is 1. The van der Waals surface area contributed by atoms with E-state index in [1.165, 1.54) is 41.3 Å². The second-order valence-corrected chi connectivity index (χ2v) is 3.80. The number of furan rings is 1. The molecule has 2 heterocycles. The molecule has 5 heteroatoms. The summed E-state index contributed by atoms with van der Waals surface area (Å²) >= 11 is 0. The quantitative estimate of drug-likeness (QED) is 0.753. The fourth-order valence-corrected chi connectivity index (χ4v) is 1.74. The van der Waals surface area contributed by atoms with Crippen LogP contribution >= 0.6 is 0 Å². The van der Waals surface area contributed by atoms with E-state index in [4.69, 9.17) is 4.42 Å². The van der Waals surface area contributed by atoms with Gasteiger partial charge in [-0.3, -0.25) is 9.89 Å². The Balaban J connectivity index is 2.09. The second kappa shape index (κ2) is 4.03. The zero-order valence-electron chi connectivity index (χ0n) is 9.26. The Hall–Kier alpha value is -2.56. The molecular weight excluding hydrogens is 235 g/mol. The van der Waals surface area contributed by atoms with E-state index >= 15 is 0 Å². The Morgan fingerprint density at radius 3 is 2.61 bits per heavy atom. The van der Waals surface area contributed by atoms with Crippen molar-refractivity contribution >= 4 is 0 Å². The summed E-state index contributed by atoms with van der Waals surface area (Å²) in [6.45, 7) is 0. The van der Waals surface area contributed by atoms with Crippen LogP contribution in [-0.4, -0.2) is 9.78 Å². The van der Waals surface area contributed by atoms with Crippen LogP contribution in [0.5, 0.6) is 0 Å². The summed E-state index contributed by atoms with van der Waals surface area (Å²) in [6.07, 6.45) is 1.53. The number of rotatable bonds is 2. The molecule has 3 rings (SSSR count). The van der Waals surface area contributed by atoms with Crippen LogP contribution in [0.25, 0.3) is 17.1 Å². The molecule has 0 fully saturated rings. The van der Waals surface area contributed by atoms with Gasteiger partial charge in [0.1, 0.15) is 11.5 Å². The van der Waals surface area contributed by atoms with E-state index in [-0.39, 0.29) is 11.4 Å². The summed E-state index contributed by atoms with van der Waals surface area (Å²) in [6, 6.07) is 10.6. The number of benzene rings is 1. The Morgan fingerprint density at radius 2 is 1.94 bits per heavy atom. The fourth-order valence-electron chi connectivity index (χ4n) is 1.74. The molecule has 90 valence electrons. The lowest BCUT2D eigenvalue weighted by Gasteiger charge is -2.00. The Labute approximate surface area is 101 Å². The van der Waals surface area contributed by atoms with Crippen LogP contribution in [0.3, 0.4) is 0 Å². The van der Waals surface area contributed by atoms with E-state index in [9.17, 15) is 9.18 Å². The maximum absolute atomic E-state index is 12.8. The average molecular weight is 244 g/mol. The number of nitrogens with zero attached hydrogens (tertiary/aromatic N) is 1. The maximum Gasteiger partial charge on any atom is 0.271 e. The normalized spacial score (nSPS) is 10.7. The molecule has 18 heavy (non-hydrogen) atoms. The summed E-state index contributed by atoms with van der Waals surface area (Å²) < 4.78 is 19.3. The third kappa shape index (κ3) is 1.75. The predicted octanol–water partition coefficient (Wildman–Crippen LogP) is 2.56. The van der Waals surface area contributed by atoms with Crippen LogP contribution in [-0.2, 0) is 0 Å². The Kier molecular flexibility index (Phi) is 2.37. The number of aromatic nitrogens is 2. The van der Waals surface area contributed by atoms with Crippen molar-refractivity contribution < 1.29 is 8.81 Å². The van der Waals surface area contributed by atoms with Crippen molar-refractivity contribution in [1.82, 2.24) is 9.78 Å². The molecule has 0 saturated carbocycles. The number of H-pyrrole nitrogens is 1. The van der Waals surface area contributed by atoms with Crippen molar-refractivity contribution in [2.45, 2.75) is 0 Å². The molecule has 0 unspecified atom stereocenters. The second-order valence-electron chi connectivity index (χ2n) is 3.80.